The van der Waals surface area contributed by atoms with Gasteiger partial charge < -0.3 is 14.7 Å². The summed E-state index contributed by atoms with van der Waals surface area (Å²) in [5.41, 5.74) is 0.137. The van der Waals surface area contributed by atoms with E-state index in [-0.39, 0.29) is 12.1 Å². The van der Waals surface area contributed by atoms with E-state index in [1.165, 1.54) is 0 Å². The zero-order valence-corrected chi connectivity index (χ0v) is 13.5. The van der Waals surface area contributed by atoms with Gasteiger partial charge in [0, 0.05) is 43.8 Å². The van der Waals surface area contributed by atoms with Gasteiger partial charge in [-0.25, -0.2) is 0 Å². The fourth-order valence-electron chi connectivity index (χ4n) is 3.48. The van der Waals surface area contributed by atoms with E-state index < -0.39 is 0 Å². The minimum atomic E-state index is 0.137. The Morgan fingerprint density at radius 1 is 1.25 bits per heavy atom. The number of rotatable bonds is 5. The molecule has 0 aromatic carbocycles. The third kappa shape index (κ3) is 3.71. The Hall–Kier alpha value is -0.200. The van der Waals surface area contributed by atoms with Crippen molar-refractivity contribution < 1.29 is 9.84 Å². The average molecular weight is 285 g/mol. The molecule has 0 aliphatic carbocycles. The molecule has 0 unspecified atom stereocenters. The molecular weight excluding hydrogens is 254 g/mol. The van der Waals surface area contributed by atoms with Crippen LogP contribution in [-0.4, -0.2) is 97.5 Å². The average Bonchev–Trinajstić information content (AvgIpc) is 2.82. The normalized spacial score (nSPS) is 30.3. The van der Waals surface area contributed by atoms with Gasteiger partial charge in [0.1, 0.15) is 0 Å². The maximum Gasteiger partial charge on any atom is 0.0594 e. The lowest BCUT2D eigenvalue weighted by atomic mass is 10.0. The second-order valence-electron chi connectivity index (χ2n) is 7.03. The quantitative estimate of drug-likeness (QED) is 0.775. The van der Waals surface area contributed by atoms with Crippen LogP contribution in [0.1, 0.15) is 20.3 Å². The van der Waals surface area contributed by atoms with Gasteiger partial charge in [0.25, 0.3) is 0 Å². The van der Waals surface area contributed by atoms with E-state index in [4.69, 9.17) is 4.74 Å². The van der Waals surface area contributed by atoms with Gasteiger partial charge in [0.05, 0.1) is 19.8 Å². The van der Waals surface area contributed by atoms with Crippen molar-refractivity contribution in [2.24, 2.45) is 0 Å². The number of hydrogen-bond donors (Lipinski definition) is 1. The number of ether oxygens (including phenoxy) is 1. The molecule has 0 bridgehead atoms. The van der Waals surface area contributed by atoms with E-state index in [1.54, 1.807) is 0 Å². The first-order valence-electron chi connectivity index (χ1n) is 7.78. The van der Waals surface area contributed by atoms with Crippen molar-refractivity contribution >= 4 is 0 Å². The van der Waals surface area contributed by atoms with Gasteiger partial charge in [-0.05, 0) is 34.4 Å². The van der Waals surface area contributed by atoms with E-state index in [0.717, 1.165) is 45.8 Å². The smallest absolute Gasteiger partial charge is 0.0594 e. The van der Waals surface area contributed by atoms with Crippen LogP contribution in [-0.2, 0) is 4.74 Å². The number of hydrogen-bond acceptors (Lipinski definition) is 5. The van der Waals surface area contributed by atoms with Gasteiger partial charge in [0.2, 0.25) is 0 Å². The monoisotopic (exact) mass is 285 g/mol. The molecule has 2 aliphatic heterocycles. The molecular formula is C15H31N3O2. The lowest BCUT2D eigenvalue weighted by Crippen LogP contribution is -2.56. The molecule has 0 spiro atoms. The van der Waals surface area contributed by atoms with Gasteiger partial charge >= 0.3 is 0 Å². The van der Waals surface area contributed by atoms with Crippen LogP contribution in [0.15, 0.2) is 0 Å². The topological polar surface area (TPSA) is 39.2 Å². The summed E-state index contributed by atoms with van der Waals surface area (Å²) in [6, 6.07) is 0.871. The molecule has 0 radical (unpaired) electrons. The number of likely N-dealkylation sites (N-methyl/N-ethyl adjacent to an activating group) is 1. The van der Waals surface area contributed by atoms with Crippen LogP contribution in [0.5, 0.6) is 0 Å². The predicted octanol–water partition coefficient (Wildman–Crippen LogP) is 0.0940. The molecule has 2 fully saturated rings. The predicted molar refractivity (Wildman–Crippen MR) is 81.0 cm³/mol. The van der Waals surface area contributed by atoms with Crippen molar-refractivity contribution in [2.45, 2.75) is 37.9 Å². The van der Waals surface area contributed by atoms with E-state index in [1.807, 2.05) is 0 Å². The Bertz CT molecular complexity index is 303. The van der Waals surface area contributed by atoms with Crippen molar-refractivity contribution in [1.82, 2.24) is 14.7 Å². The standard InChI is InChI=1S/C15H31N3O2/c1-15(2,18-5-7-20-8-6-18)12-17-10-13(16(3)4)9-14(17)11-19/h13-14,19H,5-12H2,1-4H3/t13-,14+/m1/s1. The zero-order valence-electron chi connectivity index (χ0n) is 13.5. The Labute approximate surface area is 123 Å². The summed E-state index contributed by atoms with van der Waals surface area (Å²) in [5, 5.41) is 9.65. The first kappa shape index (κ1) is 16.2. The first-order chi connectivity index (χ1) is 9.44. The third-order valence-electron chi connectivity index (χ3n) is 4.90. The maximum absolute atomic E-state index is 9.65. The second-order valence-corrected chi connectivity index (χ2v) is 7.03. The molecule has 118 valence electrons. The number of morpholine rings is 1. The number of nitrogens with zero attached hydrogens (tertiary/aromatic N) is 3. The van der Waals surface area contributed by atoms with E-state index in [0.29, 0.717) is 12.1 Å². The van der Waals surface area contributed by atoms with Gasteiger partial charge in [-0.2, -0.15) is 0 Å². The molecule has 5 heteroatoms. The Morgan fingerprint density at radius 3 is 2.45 bits per heavy atom. The highest BCUT2D eigenvalue weighted by Crippen LogP contribution is 2.25. The first-order valence-corrected chi connectivity index (χ1v) is 7.78. The number of aliphatic hydroxyl groups is 1. The van der Waals surface area contributed by atoms with Crippen molar-refractivity contribution in [3.8, 4) is 0 Å². The zero-order chi connectivity index (χ0) is 14.8. The van der Waals surface area contributed by atoms with Crippen molar-refractivity contribution in [3.63, 3.8) is 0 Å². The van der Waals surface area contributed by atoms with E-state index >= 15 is 0 Å². The van der Waals surface area contributed by atoms with Crippen molar-refractivity contribution in [1.29, 1.82) is 0 Å². The van der Waals surface area contributed by atoms with Crippen LogP contribution >= 0.6 is 0 Å². The minimum Gasteiger partial charge on any atom is -0.395 e. The molecule has 0 saturated carbocycles. The summed E-state index contributed by atoms with van der Waals surface area (Å²) in [7, 11) is 4.27. The third-order valence-corrected chi connectivity index (χ3v) is 4.90. The molecule has 5 nitrogen and oxygen atoms in total. The van der Waals surface area contributed by atoms with Crippen LogP contribution in [0.25, 0.3) is 0 Å². The summed E-state index contributed by atoms with van der Waals surface area (Å²) >= 11 is 0. The second kappa shape index (κ2) is 6.71. The molecule has 2 aliphatic rings. The lowest BCUT2D eigenvalue weighted by molar-refractivity contribution is -0.0253. The highest BCUT2D eigenvalue weighted by Gasteiger charge is 2.38. The van der Waals surface area contributed by atoms with Crippen LogP contribution < -0.4 is 0 Å². The molecule has 20 heavy (non-hydrogen) atoms. The van der Waals surface area contributed by atoms with Crippen molar-refractivity contribution in [3.05, 3.63) is 0 Å². The van der Waals surface area contributed by atoms with Crippen molar-refractivity contribution in [2.75, 3.05) is 60.1 Å². The van der Waals surface area contributed by atoms with Gasteiger partial charge in [-0.1, -0.05) is 0 Å². The number of likely N-dealkylation sites (tertiary alicyclic amines) is 1. The summed E-state index contributed by atoms with van der Waals surface area (Å²) in [5.74, 6) is 0. The van der Waals surface area contributed by atoms with E-state index in [9.17, 15) is 5.11 Å². The minimum absolute atomic E-state index is 0.137. The van der Waals surface area contributed by atoms with Crippen LogP contribution in [0.4, 0.5) is 0 Å². The molecule has 2 saturated heterocycles. The summed E-state index contributed by atoms with van der Waals surface area (Å²) in [6.45, 7) is 10.7. The van der Waals surface area contributed by atoms with Crippen LogP contribution in [0.3, 0.4) is 0 Å². The molecule has 0 aromatic heterocycles. The summed E-state index contributed by atoms with van der Waals surface area (Å²) in [6.07, 6.45) is 1.07. The molecule has 2 atom stereocenters. The van der Waals surface area contributed by atoms with Gasteiger partial charge in [-0.15, -0.1) is 0 Å². The molecule has 0 aromatic rings. The Morgan fingerprint density at radius 2 is 1.90 bits per heavy atom. The van der Waals surface area contributed by atoms with E-state index in [2.05, 4.69) is 42.6 Å². The molecule has 0 amide bonds. The summed E-state index contributed by atoms with van der Waals surface area (Å²) < 4.78 is 5.45. The van der Waals surface area contributed by atoms with Crippen LogP contribution in [0.2, 0.25) is 0 Å². The molecule has 2 rings (SSSR count). The largest absolute Gasteiger partial charge is 0.395 e. The Kier molecular flexibility index (Phi) is 5.42. The Balaban J connectivity index is 1.96. The summed E-state index contributed by atoms with van der Waals surface area (Å²) in [4.78, 5) is 7.28. The van der Waals surface area contributed by atoms with Gasteiger partial charge in [0.15, 0.2) is 0 Å². The molecule has 2 heterocycles. The van der Waals surface area contributed by atoms with Gasteiger partial charge in [-0.3, -0.25) is 9.80 Å². The maximum atomic E-state index is 9.65. The SMILES string of the molecule is CN(C)[C@@H]1C[C@@H](CO)N(CC(C)(C)N2CCOCC2)C1. The number of aliphatic hydroxyl groups excluding tert-OH is 1. The fourth-order valence-corrected chi connectivity index (χ4v) is 3.48. The lowest BCUT2D eigenvalue weighted by Gasteiger charge is -2.43. The highest BCUT2D eigenvalue weighted by atomic mass is 16.5. The molecule has 1 N–H and O–H groups in total. The van der Waals surface area contributed by atoms with Crippen LogP contribution in [0, 0.1) is 0 Å². The highest BCUT2D eigenvalue weighted by molar-refractivity contribution is 4.94. The fraction of sp³-hybridized carbons (Fsp3) is 1.00.